The number of allylic oxidation sites excluding steroid dienone is 1. The summed E-state index contributed by atoms with van der Waals surface area (Å²) in [6.45, 7) is 11.2. The molecule has 1 N–H and O–H groups in total. The van der Waals surface area contributed by atoms with Crippen LogP contribution in [0.3, 0.4) is 0 Å². The molecular weight excluding hydrogens is 320 g/mol. The Kier molecular flexibility index (Phi) is 4.96. The van der Waals surface area contributed by atoms with E-state index < -0.39 is 0 Å². The monoisotopic (exact) mass is 358 g/mol. The third-order valence-corrected chi connectivity index (χ3v) is 9.09. The summed E-state index contributed by atoms with van der Waals surface area (Å²) in [5.41, 5.74) is 3.85. The minimum absolute atomic E-state index is 0.451. The van der Waals surface area contributed by atoms with E-state index in [4.69, 9.17) is 4.84 Å². The normalized spacial score (nSPS) is 46.6. The summed E-state index contributed by atoms with van der Waals surface area (Å²) in [5.74, 6) is 3.60. The van der Waals surface area contributed by atoms with E-state index >= 15 is 0 Å². The molecule has 0 amide bonds. The average Bonchev–Trinajstić information content (AvgIpc) is 2.94. The summed E-state index contributed by atoms with van der Waals surface area (Å²) in [6.07, 6.45) is 12.0. The van der Waals surface area contributed by atoms with Gasteiger partial charge >= 0.3 is 0 Å². The van der Waals surface area contributed by atoms with Gasteiger partial charge in [0.05, 0.1) is 5.71 Å². The maximum absolute atomic E-state index is 5.53. The zero-order valence-electron chi connectivity index (χ0n) is 17.2. The van der Waals surface area contributed by atoms with Crippen LogP contribution in [0, 0.1) is 34.5 Å². The second-order valence-electron chi connectivity index (χ2n) is 10.1. The lowest BCUT2D eigenvalue weighted by molar-refractivity contribution is -0.0859. The Morgan fingerprint density at radius 2 is 1.96 bits per heavy atom. The van der Waals surface area contributed by atoms with Crippen LogP contribution in [0.15, 0.2) is 17.3 Å². The average molecular weight is 359 g/mol. The first-order valence-electron chi connectivity index (χ1n) is 11.0. The topological polar surface area (TPSA) is 33.6 Å². The first-order chi connectivity index (χ1) is 12.5. The quantitative estimate of drug-likeness (QED) is 0.427. The number of rotatable bonds is 4. The zero-order valence-corrected chi connectivity index (χ0v) is 17.2. The fourth-order valence-corrected chi connectivity index (χ4v) is 7.33. The number of nitrogens with one attached hydrogen (secondary N) is 1. The number of likely N-dealkylation sites (N-methyl/N-ethyl adjacent to an activating group) is 1. The van der Waals surface area contributed by atoms with Gasteiger partial charge in [-0.15, -0.1) is 0 Å². The van der Waals surface area contributed by atoms with Crippen LogP contribution in [0.4, 0.5) is 0 Å². The molecule has 0 aliphatic heterocycles. The highest BCUT2D eigenvalue weighted by molar-refractivity contribution is 5.85. The van der Waals surface area contributed by atoms with Gasteiger partial charge < -0.3 is 10.2 Å². The molecule has 0 spiro atoms. The second kappa shape index (κ2) is 6.96. The number of nitrogens with zero attached hydrogens (tertiary/aromatic N) is 1. The van der Waals surface area contributed by atoms with Gasteiger partial charge in [0.1, 0.15) is 6.61 Å². The van der Waals surface area contributed by atoms with Gasteiger partial charge in [0.2, 0.25) is 0 Å². The molecule has 3 heteroatoms. The molecular formula is C23H38N2O. The third kappa shape index (κ3) is 2.85. The SMILES string of the molecule is C=C1CCC2C3CCC4C/C(=N/OCCNC)CC[C@]4(C)C3CC[C@]12C. The summed E-state index contributed by atoms with van der Waals surface area (Å²) < 4.78 is 0. The second-order valence-corrected chi connectivity index (χ2v) is 10.1. The Hall–Kier alpha value is -0.830. The molecule has 0 heterocycles. The molecule has 0 aromatic rings. The van der Waals surface area contributed by atoms with Crippen LogP contribution in [-0.4, -0.2) is 25.9 Å². The van der Waals surface area contributed by atoms with E-state index in [1.165, 1.54) is 57.1 Å². The lowest BCUT2D eigenvalue weighted by Crippen LogP contribution is -2.52. The van der Waals surface area contributed by atoms with E-state index in [2.05, 4.69) is 30.9 Å². The van der Waals surface area contributed by atoms with Gasteiger partial charge in [-0.3, -0.25) is 0 Å². The predicted octanol–water partition coefficient (Wildman–Crippen LogP) is 5.18. The Morgan fingerprint density at radius 3 is 2.77 bits per heavy atom. The number of hydrogen-bond donors (Lipinski definition) is 1. The van der Waals surface area contributed by atoms with Gasteiger partial charge in [-0.1, -0.05) is 31.2 Å². The van der Waals surface area contributed by atoms with Gasteiger partial charge in [0.15, 0.2) is 0 Å². The molecule has 0 bridgehead atoms. The molecule has 0 saturated heterocycles. The number of hydrogen-bond acceptors (Lipinski definition) is 3. The Bertz CT molecular complexity index is 585. The fourth-order valence-electron chi connectivity index (χ4n) is 7.33. The Balaban J connectivity index is 1.46. The van der Waals surface area contributed by atoms with Crippen molar-refractivity contribution in [2.45, 2.75) is 71.6 Å². The lowest BCUT2D eigenvalue weighted by atomic mass is 9.45. The van der Waals surface area contributed by atoms with Crippen molar-refractivity contribution in [2.75, 3.05) is 20.2 Å². The minimum Gasteiger partial charge on any atom is -0.394 e. The van der Waals surface area contributed by atoms with E-state index in [-0.39, 0.29) is 0 Å². The molecule has 4 unspecified atom stereocenters. The maximum atomic E-state index is 5.53. The summed E-state index contributed by atoms with van der Waals surface area (Å²) in [6, 6.07) is 0. The van der Waals surface area contributed by atoms with Crippen LogP contribution >= 0.6 is 0 Å². The van der Waals surface area contributed by atoms with Crippen molar-refractivity contribution in [2.24, 2.45) is 39.7 Å². The van der Waals surface area contributed by atoms with Crippen molar-refractivity contribution in [1.29, 1.82) is 0 Å². The van der Waals surface area contributed by atoms with Crippen LogP contribution in [0.1, 0.15) is 71.6 Å². The van der Waals surface area contributed by atoms with Crippen molar-refractivity contribution in [3.8, 4) is 0 Å². The summed E-state index contributed by atoms with van der Waals surface area (Å²) >= 11 is 0. The molecule has 4 aliphatic carbocycles. The molecule has 0 aromatic carbocycles. The van der Waals surface area contributed by atoms with Crippen molar-refractivity contribution < 1.29 is 4.84 Å². The molecule has 0 radical (unpaired) electrons. The van der Waals surface area contributed by atoms with Gasteiger partial charge in [-0.05, 0) is 99.3 Å². The zero-order chi connectivity index (χ0) is 18.4. The van der Waals surface area contributed by atoms with Crippen molar-refractivity contribution in [1.82, 2.24) is 5.32 Å². The van der Waals surface area contributed by atoms with Crippen molar-refractivity contribution >= 4 is 5.71 Å². The highest BCUT2D eigenvalue weighted by Gasteiger charge is 2.58. The molecule has 4 aliphatic rings. The van der Waals surface area contributed by atoms with Gasteiger partial charge in [0.25, 0.3) is 0 Å². The molecule has 0 aromatic heterocycles. The predicted molar refractivity (Wildman–Crippen MR) is 108 cm³/mol. The van der Waals surface area contributed by atoms with Crippen molar-refractivity contribution in [3.05, 3.63) is 12.2 Å². The smallest absolute Gasteiger partial charge is 0.129 e. The number of oxime groups is 1. The Morgan fingerprint density at radius 1 is 1.12 bits per heavy atom. The molecule has 146 valence electrons. The maximum Gasteiger partial charge on any atom is 0.129 e. The van der Waals surface area contributed by atoms with Crippen LogP contribution in [0.2, 0.25) is 0 Å². The van der Waals surface area contributed by atoms with Crippen LogP contribution in [0.5, 0.6) is 0 Å². The van der Waals surface area contributed by atoms with Gasteiger partial charge in [-0.2, -0.15) is 0 Å². The standard InChI is InChI=1S/C23H38N2O/c1-16-5-8-20-19-7-6-17-15-18(25-26-14-13-24-4)9-11-23(17,3)21(19)10-12-22(16,20)2/h17,19-21,24H,1,5-15H2,2-4H3/b25-18+/t17?,19?,20?,21?,22-,23+/m1/s1. The van der Waals surface area contributed by atoms with E-state index in [0.29, 0.717) is 17.4 Å². The summed E-state index contributed by atoms with van der Waals surface area (Å²) in [5, 5.41) is 7.60. The summed E-state index contributed by atoms with van der Waals surface area (Å²) in [4.78, 5) is 5.53. The van der Waals surface area contributed by atoms with E-state index in [1.807, 2.05) is 7.05 Å². The van der Waals surface area contributed by atoms with Crippen LogP contribution in [-0.2, 0) is 4.84 Å². The first-order valence-corrected chi connectivity index (χ1v) is 11.0. The molecule has 6 atom stereocenters. The molecule has 4 rings (SSSR count). The molecule has 4 saturated carbocycles. The highest BCUT2D eigenvalue weighted by Crippen LogP contribution is 2.66. The molecule has 3 nitrogen and oxygen atoms in total. The van der Waals surface area contributed by atoms with E-state index in [1.54, 1.807) is 5.57 Å². The third-order valence-electron chi connectivity index (χ3n) is 9.09. The highest BCUT2D eigenvalue weighted by atomic mass is 16.6. The molecule has 26 heavy (non-hydrogen) atoms. The van der Waals surface area contributed by atoms with Crippen molar-refractivity contribution in [3.63, 3.8) is 0 Å². The van der Waals surface area contributed by atoms with Crippen LogP contribution in [0.25, 0.3) is 0 Å². The fraction of sp³-hybridized carbons (Fsp3) is 0.870. The van der Waals surface area contributed by atoms with E-state index in [0.717, 1.165) is 36.6 Å². The lowest BCUT2D eigenvalue weighted by Gasteiger charge is -2.60. The number of fused-ring (bicyclic) bond motifs is 5. The Labute approximate surface area is 160 Å². The largest absolute Gasteiger partial charge is 0.394 e. The van der Waals surface area contributed by atoms with Gasteiger partial charge in [0, 0.05) is 6.54 Å². The first kappa shape index (κ1) is 18.5. The summed E-state index contributed by atoms with van der Waals surface area (Å²) in [7, 11) is 1.95. The van der Waals surface area contributed by atoms with Crippen LogP contribution < -0.4 is 5.32 Å². The van der Waals surface area contributed by atoms with E-state index in [9.17, 15) is 0 Å². The molecule has 4 fully saturated rings. The minimum atomic E-state index is 0.451. The van der Waals surface area contributed by atoms with Gasteiger partial charge in [-0.25, -0.2) is 0 Å².